The van der Waals surface area contributed by atoms with Crippen LogP contribution < -0.4 is 4.74 Å². The van der Waals surface area contributed by atoms with E-state index < -0.39 is 0 Å². The number of fused-ring (bicyclic) bond motifs is 1. The first kappa shape index (κ1) is 23.1. The Morgan fingerprint density at radius 2 is 1.66 bits per heavy atom. The van der Waals surface area contributed by atoms with Crippen LogP contribution in [-0.2, 0) is 12.8 Å². The minimum absolute atomic E-state index is 0.740. The summed E-state index contributed by atoms with van der Waals surface area (Å²) in [6, 6.07) is 15.8. The molecule has 2 aliphatic rings. The van der Waals surface area contributed by atoms with Crippen molar-refractivity contribution in [2.45, 2.75) is 84.5 Å². The Hall–Kier alpha value is -2.02. The van der Waals surface area contributed by atoms with Gasteiger partial charge in [-0.2, -0.15) is 0 Å². The van der Waals surface area contributed by atoms with E-state index in [1.807, 2.05) is 6.92 Å². The highest BCUT2D eigenvalue weighted by Crippen LogP contribution is 2.41. The monoisotopic (exact) mass is 430 g/mol. The minimum atomic E-state index is 0.740. The van der Waals surface area contributed by atoms with Crippen LogP contribution in [0.5, 0.6) is 5.75 Å². The second-order valence-electron chi connectivity index (χ2n) is 10.1. The SMILES string of the molecule is C/C=C/CCOc1ccc(-c2ccc3c(c2)CCC(C2CCC(CCCC)CC2)C3)cc1. The maximum atomic E-state index is 5.83. The highest BCUT2D eigenvalue weighted by atomic mass is 16.5. The number of rotatable bonds is 9. The molecule has 0 heterocycles. The van der Waals surface area contributed by atoms with Crippen LogP contribution in [0.1, 0.15) is 82.8 Å². The van der Waals surface area contributed by atoms with Gasteiger partial charge < -0.3 is 4.74 Å². The molecule has 32 heavy (non-hydrogen) atoms. The van der Waals surface area contributed by atoms with Gasteiger partial charge in [0.05, 0.1) is 6.61 Å². The predicted octanol–water partition coefficient (Wildman–Crippen LogP) is 8.80. The summed E-state index contributed by atoms with van der Waals surface area (Å²) in [6.07, 6.45) is 19.3. The Morgan fingerprint density at radius 1 is 0.875 bits per heavy atom. The Balaban J connectivity index is 1.32. The third-order valence-corrected chi connectivity index (χ3v) is 7.97. The molecule has 2 aromatic carbocycles. The van der Waals surface area contributed by atoms with Crippen molar-refractivity contribution in [2.24, 2.45) is 17.8 Å². The van der Waals surface area contributed by atoms with Crippen molar-refractivity contribution in [3.8, 4) is 16.9 Å². The molecule has 4 rings (SSSR count). The van der Waals surface area contributed by atoms with E-state index in [1.54, 1.807) is 11.1 Å². The van der Waals surface area contributed by atoms with Crippen molar-refractivity contribution >= 4 is 0 Å². The summed E-state index contributed by atoms with van der Waals surface area (Å²) < 4.78 is 5.83. The number of allylic oxidation sites excluding steroid dienone is 1. The predicted molar refractivity (Wildman–Crippen MR) is 137 cm³/mol. The lowest BCUT2D eigenvalue weighted by Gasteiger charge is -2.36. The van der Waals surface area contributed by atoms with E-state index in [0.29, 0.717) is 0 Å². The smallest absolute Gasteiger partial charge is 0.119 e. The summed E-state index contributed by atoms with van der Waals surface area (Å²) in [5.41, 5.74) is 5.84. The van der Waals surface area contributed by atoms with E-state index in [-0.39, 0.29) is 0 Å². The van der Waals surface area contributed by atoms with Crippen LogP contribution in [0.2, 0.25) is 0 Å². The van der Waals surface area contributed by atoms with Gasteiger partial charge in [0.25, 0.3) is 0 Å². The van der Waals surface area contributed by atoms with E-state index in [0.717, 1.165) is 36.5 Å². The fraction of sp³-hybridized carbons (Fsp3) is 0.548. The molecule has 0 N–H and O–H groups in total. The van der Waals surface area contributed by atoms with Gasteiger partial charge in [-0.05, 0) is 97.6 Å². The number of hydrogen-bond acceptors (Lipinski definition) is 1. The molecule has 0 saturated heterocycles. The lowest BCUT2D eigenvalue weighted by atomic mass is 9.69. The van der Waals surface area contributed by atoms with Crippen LogP contribution in [0.3, 0.4) is 0 Å². The van der Waals surface area contributed by atoms with Crippen LogP contribution in [0, 0.1) is 17.8 Å². The molecule has 0 bridgehead atoms. The minimum Gasteiger partial charge on any atom is -0.493 e. The summed E-state index contributed by atoms with van der Waals surface area (Å²) >= 11 is 0. The van der Waals surface area contributed by atoms with E-state index in [2.05, 4.69) is 61.5 Å². The molecule has 0 aromatic heterocycles. The fourth-order valence-electron chi connectivity index (χ4n) is 5.96. The van der Waals surface area contributed by atoms with Gasteiger partial charge in [0.2, 0.25) is 0 Å². The summed E-state index contributed by atoms with van der Waals surface area (Å²) in [5.74, 6) is 3.87. The molecular weight excluding hydrogens is 388 g/mol. The molecule has 1 nitrogen and oxygen atoms in total. The maximum absolute atomic E-state index is 5.83. The van der Waals surface area contributed by atoms with E-state index >= 15 is 0 Å². The van der Waals surface area contributed by atoms with Crippen molar-refractivity contribution < 1.29 is 4.74 Å². The molecule has 1 unspecified atom stereocenters. The van der Waals surface area contributed by atoms with Gasteiger partial charge in [-0.1, -0.05) is 81.5 Å². The van der Waals surface area contributed by atoms with Crippen LogP contribution in [0.4, 0.5) is 0 Å². The molecule has 0 aliphatic heterocycles. The van der Waals surface area contributed by atoms with Gasteiger partial charge >= 0.3 is 0 Å². The number of hydrogen-bond donors (Lipinski definition) is 0. The van der Waals surface area contributed by atoms with Crippen LogP contribution in [0.15, 0.2) is 54.6 Å². The van der Waals surface area contributed by atoms with Gasteiger partial charge in [0.15, 0.2) is 0 Å². The summed E-state index contributed by atoms with van der Waals surface area (Å²) in [4.78, 5) is 0. The van der Waals surface area contributed by atoms with Gasteiger partial charge in [-0.25, -0.2) is 0 Å². The highest BCUT2D eigenvalue weighted by Gasteiger charge is 2.30. The van der Waals surface area contributed by atoms with Gasteiger partial charge in [-0.15, -0.1) is 0 Å². The summed E-state index contributed by atoms with van der Waals surface area (Å²) in [7, 11) is 0. The topological polar surface area (TPSA) is 9.23 Å². The van der Waals surface area contributed by atoms with Crippen molar-refractivity contribution in [2.75, 3.05) is 6.61 Å². The first-order chi connectivity index (χ1) is 15.8. The van der Waals surface area contributed by atoms with Crippen molar-refractivity contribution in [1.82, 2.24) is 0 Å². The van der Waals surface area contributed by atoms with E-state index in [9.17, 15) is 0 Å². The fourth-order valence-corrected chi connectivity index (χ4v) is 5.96. The normalized spacial score (nSPS) is 23.2. The number of ether oxygens (including phenoxy) is 1. The second kappa shape index (κ2) is 11.7. The van der Waals surface area contributed by atoms with Gasteiger partial charge in [0, 0.05) is 0 Å². The molecule has 0 radical (unpaired) electrons. The Labute approximate surface area is 196 Å². The van der Waals surface area contributed by atoms with Crippen LogP contribution in [0.25, 0.3) is 11.1 Å². The van der Waals surface area contributed by atoms with Crippen LogP contribution in [-0.4, -0.2) is 6.61 Å². The zero-order valence-corrected chi connectivity index (χ0v) is 20.3. The van der Waals surface area contributed by atoms with Crippen molar-refractivity contribution in [3.63, 3.8) is 0 Å². The molecule has 2 aliphatic carbocycles. The van der Waals surface area contributed by atoms with Crippen molar-refractivity contribution in [3.05, 3.63) is 65.7 Å². The first-order valence-corrected chi connectivity index (χ1v) is 13.2. The van der Waals surface area contributed by atoms with Crippen LogP contribution >= 0.6 is 0 Å². The van der Waals surface area contributed by atoms with E-state index in [1.165, 1.54) is 75.3 Å². The molecule has 0 amide bonds. The molecule has 172 valence electrons. The number of aryl methyl sites for hydroxylation is 1. The molecule has 2 aromatic rings. The first-order valence-electron chi connectivity index (χ1n) is 13.2. The second-order valence-corrected chi connectivity index (χ2v) is 10.1. The zero-order valence-electron chi connectivity index (χ0n) is 20.3. The quantitative estimate of drug-likeness (QED) is 0.285. The van der Waals surface area contributed by atoms with E-state index in [4.69, 9.17) is 4.74 Å². The standard InChI is InChI=1S/C31H42O/c1-3-5-7-21-32-31-19-17-26(18-20-31)28-14-16-29-22-27(13-15-30(29)23-28)25-11-9-24(10-12-25)8-6-4-2/h3,5,14,16-20,23-25,27H,4,6-13,15,21-22H2,1-2H3/b5-3+. The Morgan fingerprint density at radius 3 is 2.41 bits per heavy atom. The lowest BCUT2D eigenvalue weighted by Crippen LogP contribution is -2.26. The van der Waals surface area contributed by atoms with Gasteiger partial charge in [0.1, 0.15) is 5.75 Å². The zero-order chi connectivity index (χ0) is 22.2. The molecule has 1 fully saturated rings. The molecule has 1 heteroatoms. The molecule has 0 spiro atoms. The average molecular weight is 431 g/mol. The number of benzene rings is 2. The molecule has 1 saturated carbocycles. The highest BCUT2D eigenvalue weighted by molar-refractivity contribution is 5.66. The maximum Gasteiger partial charge on any atom is 0.119 e. The third kappa shape index (κ3) is 6.06. The third-order valence-electron chi connectivity index (χ3n) is 7.97. The number of unbranched alkanes of at least 4 members (excludes halogenated alkanes) is 1. The molecular formula is C31H42O. The Kier molecular flexibility index (Phi) is 8.49. The largest absolute Gasteiger partial charge is 0.493 e. The Bertz CT molecular complexity index is 855. The summed E-state index contributed by atoms with van der Waals surface area (Å²) in [6.45, 7) is 5.12. The molecule has 1 atom stereocenters. The average Bonchev–Trinajstić information content (AvgIpc) is 2.85. The summed E-state index contributed by atoms with van der Waals surface area (Å²) in [5, 5.41) is 0. The van der Waals surface area contributed by atoms with Crippen molar-refractivity contribution in [1.29, 1.82) is 0 Å². The lowest BCUT2D eigenvalue weighted by molar-refractivity contribution is 0.183. The van der Waals surface area contributed by atoms with Gasteiger partial charge in [-0.3, -0.25) is 0 Å².